The lowest BCUT2D eigenvalue weighted by atomic mass is 10.2. The molecule has 0 atom stereocenters. The van der Waals surface area contributed by atoms with Crippen molar-refractivity contribution < 1.29 is 13.2 Å². The monoisotopic (exact) mass is 208 g/mol. The van der Waals surface area contributed by atoms with E-state index in [1.807, 2.05) is 13.8 Å². The molecule has 0 saturated heterocycles. The SMILES string of the molecule is CC(C)CN(CC(N)=O)S(C)(=O)=O. The van der Waals surface area contributed by atoms with Gasteiger partial charge in [0, 0.05) is 6.54 Å². The molecule has 0 heterocycles. The van der Waals surface area contributed by atoms with Crippen LogP contribution >= 0.6 is 0 Å². The van der Waals surface area contributed by atoms with Crippen LogP contribution in [0.1, 0.15) is 13.8 Å². The van der Waals surface area contributed by atoms with Gasteiger partial charge in [-0.2, -0.15) is 4.31 Å². The Balaban J connectivity index is 4.47. The molecular weight excluding hydrogens is 192 g/mol. The number of sulfonamides is 1. The zero-order valence-corrected chi connectivity index (χ0v) is 8.97. The summed E-state index contributed by atoms with van der Waals surface area (Å²) in [6, 6.07) is 0. The van der Waals surface area contributed by atoms with Gasteiger partial charge in [-0.05, 0) is 5.92 Å². The smallest absolute Gasteiger partial charge is 0.232 e. The highest BCUT2D eigenvalue weighted by atomic mass is 32.2. The molecule has 0 aromatic carbocycles. The van der Waals surface area contributed by atoms with Crippen LogP contribution in [0.15, 0.2) is 0 Å². The third kappa shape index (κ3) is 5.59. The van der Waals surface area contributed by atoms with Gasteiger partial charge in [0.1, 0.15) is 0 Å². The Morgan fingerprint density at radius 1 is 1.46 bits per heavy atom. The number of hydrogen-bond acceptors (Lipinski definition) is 3. The Morgan fingerprint density at radius 2 is 1.92 bits per heavy atom. The predicted octanol–water partition coefficient (Wildman–Crippen LogP) is -0.611. The highest BCUT2D eigenvalue weighted by Crippen LogP contribution is 2.02. The van der Waals surface area contributed by atoms with Crippen LogP contribution in [0.2, 0.25) is 0 Å². The molecule has 0 bridgehead atoms. The molecule has 0 aliphatic carbocycles. The molecule has 0 aromatic heterocycles. The molecule has 0 spiro atoms. The number of rotatable bonds is 5. The maximum absolute atomic E-state index is 11.1. The Bertz CT molecular complexity index is 271. The van der Waals surface area contributed by atoms with E-state index in [0.717, 1.165) is 10.6 Å². The maximum Gasteiger partial charge on any atom is 0.232 e. The van der Waals surface area contributed by atoms with Gasteiger partial charge in [0.05, 0.1) is 12.8 Å². The van der Waals surface area contributed by atoms with E-state index < -0.39 is 15.9 Å². The molecular formula is C7H16N2O3S. The molecule has 0 saturated carbocycles. The van der Waals surface area contributed by atoms with Crippen molar-refractivity contribution in [3.8, 4) is 0 Å². The third-order valence-electron chi connectivity index (χ3n) is 1.37. The van der Waals surface area contributed by atoms with Crippen LogP contribution in [0.5, 0.6) is 0 Å². The summed E-state index contributed by atoms with van der Waals surface area (Å²) in [4.78, 5) is 10.6. The Morgan fingerprint density at radius 3 is 2.15 bits per heavy atom. The molecule has 0 unspecified atom stereocenters. The van der Waals surface area contributed by atoms with Crippen molar-refractivity contribution in [3.05, 3.63) is 0 Å². The van der Waals surface area contributed by atoms with Crippen molar-refractivity contribution in [2.75, 3.05) is 19.3 Å². The van der Waals surface area contributed by atoms with Crippen molar-refractivity contribution in [3.63, 3.8) is 0 Å². The lowest BCUT2D eigenvalue weighted by molar-refractivity contribution is -0.118. The van der Waals surface area contributed by atoms with Crippen LogP contribution in [0.25, 0.3) is 0 Å². The third-order valence-corrected chi connectivity index (χ3v) is 2.59. The average molecular weight is 208 g/mol. The topological polar surface area (TPSA) is 80.5 Å². The lowest BCUT2D eigenvalue weighted by Gasteiger charge is -2.19. The first kappa shape index (κ1) is 12.4. The molecule has 78 valence electrons. The first-order valence-corrected chi connectivity index (χ1v) is 5.81. The Labute approximate surface area is 79.0 Å². The molecule has 13 heavy (non-hydrogen) atoms. The summed E-state index contributed by atoms with van der Waals surface area (Å²) in [5, 5.41) is 0. The van der Waals surface area contributed by atoms with E-state index >= 15 is 0 Å². The van der Waals surface area contributed by atoms with Gasteiger partial charge in [-0.3, -0.25) is 4.79 Å². The van der Waals surface area contributed by atoms with Crippen molar-refractivity contribution in [1.29, 1.82) is 0 Å². The van der Waals surface area contributed by atoms with Crippen molar-refractivity contribution in [1.82, 2.24) is 4.31 Å². The number of carbonyl (C=O) groups excluding carboxylic acids is 1. The molecule has 6 heteroatoms. The Hall–Kier alpha value is -0.620. The normalized spacial score (nSPS) is 12.4. The second-order valence-corrected chi connectivity index (χ2v) is 5.40. The molecule has 0 aliphatic rings. The molecule has 5 nitrogen and oxygen atoms in total. The second kappa shape index (κ2) is 4.57. The fourth-order valence-corrected chi connectivity index (χ4v) is 1.83. The molecule has 0 aliphatic heterocycles. The zero-order valence-electron chi connectivity index (χ0n) is 8.15. The van der Waals surface area contributed by atoms with E-state index in [0.29, 0.717) is 6.54 Å². The summed E-state index contributed by atoms with van der Waals surface area (Å²) >= 11 is 0. The van der Waals surface area contributed by atoms with Gasteiger partial charge in [-0.15, -0.1) is 0 Å². The van der Waals surface area contributed by atoms with Gasteiger partial charge < -0.3 is 5.73 Å². The summed E-state index contributed by atoms with van der Waals surface area (Å²) in [7, 11) is -3.32. The van der Waals surface area contributed by atoms with Crippen LogP contribution < -0.4 is 5.73 Å². The minimum atomic E-state index is -3.32. The van der Waals surface area contributed by atoms with E-state index in [-0.39, 0.29) is 12.5 Å². The van der Waals surface area contributed by atoms with Crippen molar-refractivity contribution in [2.45, 2.75) is 13.8 Å². The van der Waals surface area contributed by atoms with Gasteiger partial charge in [0.15, 0.2) is 0 Å². The van der Waals surface area contributed by atoms with Crippen LogP contribution in [-0.4, -0.2) is 38.0 Å². The number of hydrogen-bond donors (Lipinski definition) is 1. The van der Waals surface area contributed by atoms with E-state index in [2.05, 4.69) is 0 Å². The largest absolute Gasteiger partial charge is 0.369 e. The van der Waals surface area contributed by atoms with E-state index in [4.69, 9.17) is 5.73 Å². The van der Waals surface area contributed by atoms with Crippen LogP contribution in [0, 0.1) is 5.92 Å². The van der Waals surface area contributed by atoms with E-state index in [1.165, 1.54) is 0 Å². The van der Waals surface area contributed by atoms with Crippen LogP contribution in [0.3, 0.4) is 0 Å². The van der Waals surface area contributed by atoms with Gasteiger partial charge >= 0.3 is 0 Å². The first-order valence-electron chi connectivity index (χ1n) is 3.97. The first-order chi connectivity index (χ1) is 5.73. The van der Waals surface area contributed by atoms with Crippen LogP contribution in [0.4, 0.5) is 0 Å². The zero-order chi connectivity index (χ0) is 10.6. The highest BCUT2D eigenvalue weighted by Gasteiger charge is 2.19. The minimum absolute atomic E-state index is 0.175. The summed E-state index contributed by atoms with van der Waals surface area (Å²) in [6.45, 7) is 3.83. The van der Waals surface area contributed by atoms with Crippen LogP contribution in [-0.2, 0) is 14.8 Å². The average Bonchev–Trinajstić information content (AvgIpc) is 1.81. The Kier molecular flexibility index (Phi) is 4.35. The number of nitrogens with zero attached hydrogens (tertiary/aromatic N) is 1. The molecule has 0 rings (SSSR count). The van der Waals surface area contributed by atoms with Gasteiger partial charge in [0.2, 0.25) is 15.9 Å². The minimum Gasteiger partial charge on any atom is -0.369 e. The van der Waals surface area contributed by atoms with E-state index in [9.17, 15) is 13.2 Å². The predicted molar refractivity (Wildman–Crippen MR) is 50.4 cm³/mol. The van der Waals surface area contributed by atoms with E-state index in [1.54, 1.807) is 0 Å². The highest BCUT2D eigenvalue weighted by molar-refractivity contribution is 7.88. The molecule has 0 aromatic rings. The van der Waals surface area contributed by atoms with Gasteiger partial charge in [-0.1, -0.05) is 13.8 Å². The maximum atomic E-state index is 11.1. The van der Waals surface area contributed by atoms with Crippen molar-refractivity contribution >= 4 is 15.9 Å². The number of carbonyl (C=O) groups is 1. The van der Waals surface area contributed by atoms with Gasteiger partial charge in [-0.25, -0.2) is 8.42 Å². The number of primary amides is 1. The summed E-state index contributed by atoms with van der Waals surface area (Å²) < 4.78 is 23.3. The summed E-state index contributed by atoms with van der Waals surface area (Å²) in [5.74, 6) is -0.458. The number of amides is 1. The quantitative estimate of drug-likeness (QED) is 0.654. The molecule has 2 N–H and O–H groups in total. The molecule has 0 radical (unpaired) electrons. The summed E-state index contributed by atoms with van der Waals surface area (Å²) in [5.41, 5.74) is 4.92. The van der Waals surface area contributed by atoms with Crippen molar-refractivity contribution in [2.24, 2.45) is 11.7 Å². The standard InChI is InChI=1S/C7H16N2O3S/c1-6(2)4-9(5-7(8)10)13(3,11)12/h6H,4-5H2,1-3H3,(H2,8,10). The van der Waals surface area contributed by atoms with Gasteiger partial charge in [0.25, 0.3) is 0 Å². The molecule has 0 fully saturated rings. The molecule has 1 amide bonds. The second-order valence-electron chi connectivity index (χ2n) is 3.42. The summed E-state index contributed by atoms with van der Waals surface area (Å²) in [6.07, 6.45) is 1.07. The lowest BCUT2D eigenvalue weighted by Crippen LogP contribution is -2.39. The fraction of sp³-hybridized carbons (Fsp3) is 0.857. The fourth-order valence-electron chi connectivity index (χ4n) is 0.898. The number of nitrogens with two attached hydrogens (primary N) is 1.